The first-order chi connectivity index (χ1) is 13.5. The van der Waals surface area contributed by atoms with Crippen molar-refractivity contribution in [3.8, 4) is 11.1 Å². The molecule has 0 unspecified atom stereocenters. The summed E-state index contributed by atoms with van der Waals surface area (Å²) in [5.74, 6) is 1.48. The van der Waals surface area contributed by atoms with E-state index in [1.54, 1.807) is 0 Å². The van der Waals surface area contributed by atoms with Gasteiger partial charge in [-0.1, -0.05) is 5.16 Å². The summed E-state index contributed by atoms with van der Waals surface area (Å²) in [6.45, 7) is 3.87. The number of carbonyl (C=O) groups is 1. The molecule has 1 aromatic heterocycles. The minimum atomic E-state index is -0.327. The Bertz CT molecular complexity index is 1020. The molecule has 3 fully saturated rings. The fraction of sp³-hybridized carbons (Fsp3) is 0.522. The molecule has 0 amide bonds. The molecule has 1 saturated heterocycles. The van der Waals surface area contributed by atoms with Crippen LogP contribution in [0.1, 0.15) is 65.9 Å². The SMILES string of the molecule is Cc1noc(C)c1-c1cc2c(c(C(=O)[C@@H]3CCC4(CC4)O3)c1)N=C(C1CC1)C2. The molecule has 144 valence electrons. The number of fused-ring (bicyclic) bond motifs is 1. The first-order valence-electron chi connectivity index (χ1n) is 10.4. The number of benzene rings is 1. The zero-order chi connectivity index (χ0) is 19.0. The first kappa shape index (κ1) is 16.7. The van der Waals surface area contributed by atoms with Crippen molar-refractivity contribution >= 4 is 17.2 Å². The molecule has 6 rings (SSSR count). The van der Waals surface area contributed by atoms with Crippen molar-refractivity contribution in [2.45, 2.75) is 70.5 Å². The van der Waals surface area contributed by atoms with Crippen molar-refractivity contribution in [1.29, 1.82) is 0 Å². The Morgan fingerprint density at radius 1 is 1.14 bits per heavy atom. The maximum Gasteiger partial charge on any atom is 0.193 e. The average molecular weight is 376 g/mol. The van der Waals surface area contributed by atoms with Gasteiger partial charge in [-0.3, -0.25) is 9.79 Å². The van der Waals surface area contributed by atoms with Gasteiger partial charge in [0.1, 0.15) is 11.9 Å². The van der Waals surface area contributed by atoms with E-state index in [2.05, 4.69) is 11.2 Å². The second kappa shape index (κ2) is 5.63. The van der Waals surface area contributed by atoms with Gasteiger partial charge >= 0.3 is 0 Å². The standard InChI is InChI=1S/C23H24N2O3/c1-12-20(13(2)28-25-12)15-9-16-11-18(14-3-4-14)24-21(16)17(10-15)22(26)19-5-6-23(27-19)7-8-23/h9-10,14,19H,3-8,11H2,1-2H3/t19-/m0/s1. The van der Waals surface area contributed by atoms with E-state index in [1.807, 2.05) is 19.9 Å². The highest BCUT2D eigenvalue weighted by Crippen LogP contribution is 2.51. The lowest BCUT2D eigenvalue weighted by molar-refractivity contribution is 0.0266. The Morgan fingerprint density at radius 2 is 1.96 bits per heavy atom. The first-order valence-corrected chi connectivity index (χ1v) is 10.4. The van der Waals surface area contributed by atoms with Crippen molar-refractivity contribution in [2.24, 2.45) is 10.9 Å². The second-order valence-electron chi connectivity index (χ2n) is 8.98. The number of rotatable bonds is 4. The van der Waals surface area contributed by atoms with Crippen LogP contribution in [0.5, 0.6) is 0 Å². The lowest BCUT2D eigenvalue weighted by Crippen LogP contribution is -2.22. The predicted octanol–water partition coefficient (Wildman–Crippen LogP) is 4.89. The fourth-order valence-electron chi connectivity index (χ4n) is 4.90. The summed E-state index contributed by atoms with van der Waals surface area (Å²) in [7, 11) is 0. The number of ketones is 1. The van der Waals surface area contributed by atoms with Crippen molar-refractivity contribution < 1.29 is 14.1 Å². The second-order valence-corrected chi connectivity index (χ2v) is 8.98. The van der Waals surface area contributed by atoms with Gasteiger partial charge in [0.15, 0.2) is 5.78 Å². The van der Waals surface area contributed by atoms with Crippen LogP contribution in [0, 0.1) is 19.8 Å². The lowest BCUT2D eigenvalue weighted by atomic mass is 9.92. The van der Waals surface area contributed by atoms with E-state index in [-0.39, 0.29) is 17.5 Å². The number of carbonyl (C=O) groups excluding carboxylic acids is 1. The number of hydrogen-bond donors (Lipinski definition) is 0. The lowest BCUT2D eigenvalue weighted by Gasteiger charge is -2.15. The van der Waals surface area contributed by atoms with Crippen molar-refractivity contribution in [2.75, 3.05) is 0 Å². The van der Waals surface area contributed by atoms with E-state index in [1.165, 1.54) is 18.6 Å². The van der Waals surface area contributed by atoms with Crippen LogP contribution >= 0.6 is 0 Å². The molecule has 4 aliphatic rings. The van der Waals surface area contributed by atoms with E-state index < -0.39 is 0 Å². The number of aliphatic imine (C=N–C) groups is 1. The minimum Gasteiger partial charge on any atom is -0.364 e. The maximum absolute atomic E-state index is 13.5. The zero-order valence-electron chi connectivity index (χ0n) is 16.4. The van der Waals surface area contributed by atoms with E-state index in [0.29, 0.717) is 11.5 Å². The summed E-state index contributed by atoms with van der Waals surface area (Å²) in [5.41, 5.74) is 6.84. The van der Waals surface area contributed by atoms with Gasteiger partial charge in [-0.05, 0) is 81.5 Å². The molecule has 1 atom stereocenters. The van der Waals surface area contributed by atoms with E-state index >= 15 is 0 Å². The Morgan fingerprint density at radius 3 is 2.61 bits per heavy atom. The molecule has 3 heterocycles. The van der Waals surface area contributed by atoms with Gasteiger partial charge in [0.2, 0.25) is 0 Å². The molecule has 2 aromatic rings. The monoisotopic (exact) mass is 376 g/mol. The Hall–Kier alpha value is -2.27. The molecule has 1 spiro atoms. The summed E-state index contributed by atoms with van der Waals surface area (Å²) in [5, 5.41) is 4.11. The third-order valence-electron chi connectivity index (χ3n) is 6.81. The molecule has 2 saturated carbocycles. The van der Waals surface area contributed by atoms with Gasteiger partial charge in [0.05, 0.1) is 17.0 Å². The molecular weight excluding hydrogens is 352 g/mol. The van der Waals surface area contributed by atoms with Gasteiger partial charge in [-0.25, -0.2) is 0 Å². The fourth-order valence-corrected chi connectivity index (χ4v) is 4.90. The molecule has 5 nitrogen and oxygen atoms in total. The summed E-state index contributed by atoms with van der Waals surface area (Å²) in [6, 6.07) is 4.17. The number of aromatic nitrogens is 1. The van der Waals surface area contributed by atoms with Crippen LogP contribution in [0.4, 0.5) is 5.69 Å². The normalized spacial score (nSPS) is 24.5. The highest BCUT2D eigenvalue weighted by atomic mass is 16.5. The number of Topliss-reactive ketones (excluding diaryl/α,β-unsaturated/α-hetero) is 1. The van der Waals surface area contributed by atoms with Gasteiger partial charge in [0, 0.05) is 23.3 Å². The highest BCUT2D eigenvalue weighted by molar-refractivity contribution is 6.09. The Balaban J connectivity index is 1.45. The number of nitrogens with zero attached hydrogens (tertiary/aromatic N) is 2. The van der Waals surface area contributed by atoms with E-state index in [0.717, 1.165) is 65.9 Å². The molecule has 0 N–H and O–H groups in total. The third-order valence-corrected chi connectivity index (χ3v) is 6.81. The molecule has 2 aliphatic carbocycles. The summed E-state index contributed by atoms with van der Waals surface area (Å²) in [4.78, 5) is 18.4. The third kappa shape index (κ3) is 2.52. The zero-order valence-corrected chi connectivity index (χ0v) is 16.4. The predicted molar refractivity (Wildman–Crippen MR) is 105 cm³/mol. The van der Waals surface area contributed by atoms with Crippen LogP contribution < -0.4 is 0 Å². The molecule has 2 aliphatic heterocycles. The van der Waals surface area contributed by atoms with Crippen LogP contribution in [0.2, 0.25) is 0 Å². The van der Waals surface area contributed by atoms with Crippen molar-refractivity contribution in [1.82, 2.24) is 5.16 Å². The van der Waals surface area contributed by atoms with Gasteiger partial charge in [-0.2, -0.15) is 0 Å². The molecule has 28 heavy (non-hydrogen) atoms. The van der Waals surface area contributed by atoms with Crippen LogP contribution in [0.15, 0.2) is 21.6 Å². The van der Waals surface area contributed by atoms with Gasteiger partial charge in [-0.15, -0.1) is 0 Å². The van der Waals surface area contributed by atoms with Crippen LogP contribution in [0.25, 0.3) is 11.1 Å². The molecular formula is C23H24N2O3. The van der Waals surface area contributed by atoms with Gasteiger partial charge < -0.3 is 9.26 Å². The molecule has 0 radical (unpaired) electrons. The summed E-state index contributed by atoms with van der Waals surface area (Å²) in [6.07, 6.45) is 6.99. The molecule has 1 aromatic carbocycles. The Kier molecular flexibility index (Phi) is 3.35. The smallest absolute Gasteiger partial charge is 0.193 e. The van der Waals surface area contributed by atoms with E-state index in [9.17, 15) is 4.79 Å². The van der Waals surface area contributed by atoms with Crippen molar-refractivity contribution in [3.63, 3.8) is 0 Å². The molecule has 0 bridgehead atoms. The average Bonchev–Trinajstić information content (AvgIpc) is 3.54. The van der Waals surface area contributed by atoms with E-state index in [4.69, 9.17) is 14.3 Å². The van der Waals surface area contributed by atoms with Crippen LogP contribution in [-0.2, 0) is 11.2 Å². The Labute approximate surface area is 164 Å². The van der Waals surface area contributed by atoms with Crippen molar-refractivity contribution in [3.05, 3.63) is 34.7 Å². The van der Waals surface area contributed by atoms with Crippen LogP contribution in [0.3, 0.4) is 0 Å². The number of hydrogen-bond acceptors (Lipinski definition) is 5. The van der Waals surface area contributed by atoms with Crippen LogP contribution in [-0.4, -0.2) is 28.4 Å². The topological polar surface area (TPSA) is 64.7 Å². The quantitative estimate of drug-likeness (QED) is 0.713. The van der Waals surface area contributed by atoms with Gasteiger partial charge in [0.25, 0.3) is 0 Å². The largest absolute Gasteiger partial charge is 0.364 e. The summed E-state index contributed by atoms with van der Waals surface area (Å²) < 4.78 is 11.6. The summed E-state index contributed by atoms with van der Waals surface area (Å²) >= 11 is 0. The maximum atomic E-state index is 13.5. The molecule has 5 heteroatoms. The number of ether oxygens (including phenoxy) is 1. The highest BCUT2D eigenvalue weighted by Gasteiger charge is 2.51. The minimum absolute atomic E-state index is 0.00516. The number of aryl methyl sites for hydroxylation is 2.